The molecule has 0 N–H and O–H groups in total. The van der Waals surface area contributed by atoms with Crippen molar-refractivity contribution in [1.82, 2.24) is 14.1 Å². The second-order valence-corrected chi connectivity index (χ2v) is 8.78. The Morgan fingerprint density at radius 2 is 1.06 bits per heavy atom. The Morgan fingerprint density at radius 1 is 0.583 bits per heavy atom. The lowest BCUT2D eigenvalue weighted by Crippen LogP contribution is -2.25. The van der Waals surface area contributed by atoms with Crippen molar-refractivity contribution >= 4 is 23.3 Å². The van der Waals surface area contributed by atoms with E-state index in [-0.39, 0.29) is 5.56 Å². The molecule has 6 rings (SSSR count). The molecule has 0 radical (unpaired) electrons. The van der Waals surface area contributed by atoms with Gasteiger partial charge in [-0.05, 0) is 48.1 Å². The van der Waals surface area contributed by atoms with Gasteiger partial charge in [-0.25, -0.2) is 4.98 Å². The van der Waals surface area contributed by atoms with Crippen LogP contribution >= 0.6 is 12.2 Å². The van der Waals surface area contributed by atoms with Crippen molar-refractivity contribution in [2.24, 2.45) is 0 Å². The van der Waals surface area contributed by atoms with Crippen LogP contribution < -0.4 is 5.56 Å². The van der Waals surface area contributed by atoms with Crippen LogP contribution in [0.3, 0.4) is 0 Å². The number of benzene rings is 4. The minimum Gasteiger partial charge on any atom is -0.270 e. The van der Waals surface area contributed by atoms with Gasteiger partial charge in [0.1, 0.15) is 0 Å². The van der Waals surface area contributed by atoms with Gasteiger partial charge in [0.05, 0.1) is 16.8 Å². The van der Waals surface area contributed by atoms with Gasteiger partial charge in [-0.1, -0.05) is 97.1 Å². The third-order valence-electron chi connectivity index (χ3n) is 6.19. The summed E-state index contributed by atoms with van der Waals surface area (Å²) in [6, 6.07) is 41.3. The van der Waals surface area contributed by atoms with Gasteiger partial charge in [-0.3, -0.25) is 13.9 Å². The van der Waals surface area contributed by atoms with E-state index in [9.17, 15) is 4.79 Å². The van der Waals surface area contributed by atoms with E-state index in [1.54, 1.807) is 4.57 Å². The highest BCUT2D eigenvalue weighted by Crippen LogP contribution is 2.32. The molecule has 0 amide bonds. The first kappa shape index (κ1) is 21.9. The number of aromatic nitrogens is 3. The molecule has 2 aromatic heterocycles. The van der Waals surface area contributed by atoms with Gasteiger partial charge in [0.2, 0.25) is 0 Å². The van der Waals surface area contributed by atoms with Crippen LogP contribution in [0, 0.1) is 4.77 Å². The van der Waals surface area contributed by atoms with E-state index < -0.39 is 0 Å². The second-order valence-electron chi connectivity index (χ2n) is 8.42. The molecule has 0 aliphatic carbocycles. The normalized spacial score (nSPS) is 11.0. The van der Waals surface area contributed by atoms with Gasteiger partial charge in [-0.15, -0.1) is 0 Å². The molecule has 0 fully saturated rings. The molecule has 0 unspecified atom stereocenters. The minimum absolute atomic E-state index is 0.195. The molecule has 5 heteroatoms. The van der Waals surface area contributed by atoms with E-state index in [1.165, 1.54) is 0 Å². The van der Waals surface area contributed by atoms with Crippen LogP contribution in [0.5, 0.6) is 0 Å². The van der Waals surface area contributed by atoms with E-state index in [1.807, 2.05) is 132 Å². The molecule has 0 saturated carbocycles. The summed E-state index contributed by atoms with van der Waals surface area (Å²) in [5.74, 6) is 0. The summed E-state index contributed by atoms with van der Waals surface area (Å²) in [5.41, 5.74) is 5.39. The SMILES string of the molecule is O=c1c2c(-c3ccccc3)cc(-c3ccccc3)nc2n(-c2ccccc2)c(=S)n1-c1ccccc1. The molecule has 36 heavy (non-hydrogen) atoms. The number of nitrogens with zero attached hydrogens (tertiary/aromatic N) is 3. The third kappa shape index (κ3) is 3.76. The largest absolute Gasteiger partial charge is 0.270 e. The molecule has 0 aliphatic rings. The highest BCUT2D eigenvalue weighted by Gasteiger charge is 2.20. The summed E-state index contributed by atoms with van der Waals surface area (Å²) in [5, 5.41) is 0.516. The standard InChI is InChI=1S/C31H21N3OS/c35-30-28-26(22-13-5-1-6-14-22)21-27(23-15-7-2-8-16-23)32-29(28)33(24-17-9-3-10-18-24)31(36)34(30)25-19-11-4-12-20-25/h1-21H. The van der Waals surface area contributed by atoms with Crippen molar-refractivity contribution in [2.75, 3.05) is 0 Å². The zero-order valence-electron chi connectivity index (χ0n) is 19.3. The second kappa shape index (κ2) is 9.21. The summed E-state index contributed by atoms with van der Waals surface area (Å²) >= 11 is 5.98. The minimum atomic E-state index is -0.195. The van der Waals surface area contributed by atoms with Gasteiger partial charge >= 0.3 is 0 Å². The topological polar surface area (TPSA) is 39.8 Å². The summed E-state index contributed by atoms with van der Waals surface area (Å²) in [7, 11) is 0. The maximum atomic E-state index is 14.2. The van der Waals surface area contributed by atoms with Crippen molar-refractivity contribution in [1.29, 1.82) is 0 Å². The smallest absolute Gasteiger partial charge is 0.269 e. The molecule has 0 spiro atoms. The fourth-order valence-electron chi connectivity index (χ4n) is 4.51. The lowest BCUT2D eigenvalue weighted by atomic mass is 10.00. The summed E-state index contributed by atoms with van der Waals surface area (Å²) in [6.45, 7) is 0. The summed E-state index contributed by atoms with van der Waals surface area (Å²) in [4.78, 5) is 19.3. The average Bonchev–Trinajstić information content (AvgIpc) is 2.94. The molecule has 0 saturated heterocycles. The molecule has 0 atom stereocenters. The number of hydrogen-bond acceptors (Lipinski definition) is 3. The molecule has 0 aliphatic heterocycles. The number of hydrogen-bond donors (Lipinski definition) is 0. The Labute approximate surface area is 213 Å². The maximum Gasteiger partial charge on any atom is 0.269 e. The fraction of sp³-hybridized carbons (Fsp3) is 0. The predicted molar refractivity (Wildman–Crippen MR) is 148 cm³/mol. The fourth-order valence-corrected chi connectivity index (χ4v) is 4.89. The third-order valence-corrected chi connectivity index (χ3v) is 6.56. The molecule has 4 nitrogen and oxygen atoms in total. The highest BCUT2D eigenvalue weighted by atomic mass is 32.1. The first-order chi connectivity index (χ1) is 17.7. The van der Waals surface area contributed by atoms with Gasteiger partial charge in [0, 0.05) is 16.8 Å². The lowest BCUT2D eigenvalue weighted by molar-refractivity contribution is 0.866. The number of para-hydroxylation sites is 2. The van der Waals surface area contributed by atoms with Crippen molar-refractivity contribution in [3.05, 3.63) is 143 Å². The zero-order chi connectivity index (χ0) is 24.5. The van der Waals surface area contributed by atoms with Crippen molar-refractivity contribution < 1.29 is 0 Å². The Bertz CT molecular complexity index is 1790. The first-order valence-corrected chi connectivity index (χ1v) is 12.1. The predicted octanol–water partition coefficient (Wildman–Crippen LogP) is 7.24. The Balaban J connectivity index is 1.84. The number of pyridine rings is 1. The van der Waals surface area contributed by atoms with Gasteiger partial charge < -0.3 is 0 Å². The molecule has 2 heterocycles. The quantitative estimate of drug-likeness (QED) is 0.248. The van der Waals surface area contributed by atoms with Crippen LogP contribution in [0.25, 0.3) is 44.8 Å². The Kier molecular flexibility index (Phi) is 5.60. The van der Waals surface area contributed by atoms with Crippen LogP contribution in [-0.2, 0) is 0 Å². The van der Waals surface area contributed by atoms with E-state index >= 15 is 0 Å². The van der Waals surface area contributed by atoms with Crippen molar-refractivity contribution in [3.63, 3.8) is 0 Å². The van der Waals surface area contributed by atoms with Crippen LogP contribution in [0.1, 0.15) is 0 Å². The first-order valence-electron chi connectivity index (χ1n) is 11.7. The molecular weight excluding hydrogens is 462 g/mol. The van der Waals surface area contributed by atoms with Gasteiger partial charge in [-0.2, -0.15) is 0 Å². The average molecular weight is 484 g/mol. The van der Waals surface area contributed by atoms with Crippen molar-refractivity contribution in [2.45, 2.75) is 0 Å². The van der Waals surface area contributed by atoms with E-state index in [0.717, 1.165) is 28.1 Å². The van der Waals surface area contributed by atoms with Crippen LogP contribution in [-0.4, -0.2) is 14.1 Å². The van der Waals surface area contributed by atoms with E-state index in [0.29, 0.717) is 21.5 Å². The van der Waals surface area contributed by atoms with Crippen LogP contribution in [0.4, 0.5) is 0 Å². The molecule has 4 aromatic carbocycles. The molecule has 172 valence electrons. The van der Waals surface area contributed by atoms with Gasteiger partial charge in [0.15, 0.2) is 10.4 Å². The maximum absolute atomic E-state index is 14.2. The van der Waals surface area contributed by atoms with Gasteiger partial charge in [0.25, 0.3) is 5.56 Å². The van der Waals surface area contributed by atoms with Crippen molar-refractivity contribution in [3.8, 4) is 33.8 Å². The lowest BCUT2D eigenvalue weighted by Gasteiger charge is -2.18. The molecular formula is C31H21N3OS. The molecule has 6 aromatic rings. The highest BCUT2D eigenvalue weighted by molar-refractivity contribution is 7.71. The van der Waals surface area contributed by atoms with Crippen LogP contribution in [0.15, 0.2) is 132 Å². The Hall–Kier alpha value is -4.61. The monoisotopic (exact) mass is 483 g/mol. The Morgan fingerprint density at radius 3 is 1.61 bits per heavy atom. The molecule has 0 bridgehead atoms. The number of rotatable bonds is 4. The van der Waals surface area contributed by atoms with E-state index in [2.05, 4.69) is 0 Å². The van der Waals surface area contributed by atoms with E-state index in [4.69, 9.17) is 17.2 Å². The summed E-state index contributed by atoms with van der Waals surface area (Å²) < 4.78 is 3.86. The summed E-state index contributed by atoms with van der Waals surface area (Å²) in [6.07, 6.45) is 0. The van der Waals surface area contributed by atoms with Crippen LogP contribution in [0.2, 0.25) is 0 Å². The zero-order valence-corrected chi connectivity index (χ0v) is 20.1. The number of fused-ring (bicyclic) bond motifs is 1.